The fraction of sp³-hybridized carbons (Fsp3) is 0.417. The molecule has 1 aromatic rings. The quantitative estimate of drug-likeness (QED) is 0.460. The molecule has 1 rings (SSSR count). The average molecular weight is 209 g/mol. The van der Waals surface area contributed by atoms with E-state index in [1.165, 1.54) is 0 Å². The van der Waals surface area contributed by atoms with Crippen molar-refractivity contribution >= 4 is 5.71 Å². The summed E-state index contributed by atoms with van der Waals surface area (Å²) in [5.74, 6) is 0.407. The summed E-state index contributed by atoms with van der Waals surface area (Å²) in [5, 5.41) is 12.2. The first-order valence-electron chi connectivity index (χ1n) is 5.03. The third-order valence-corrected chi connectivity index (χ3v) is 2.14. The average Bonchev–Trinajstić information content (AvgIpc) is 2.25. The van der Waals surface area contributed by atoms with E-state index in [0.717, 1.165) is 5.56 Å². The maximum Gasteiger partial charge on any atom is 0.115 e. The molecule has 0 unspecified atom stereocenters. The molecular weight excluding hydrogens is 193 g/mol. The van der Waals surface area contributed by atoms with Gasteiger partial charge in [-0.15, -0.1) is 0 Å². The summed E-state index contributed by atoms with van der Waals surface area (Å²) in [6, 6.07) is 7.04. The van der Waals surface area contributed by atoms with Crippen molar-refractivity contribution in [3.63, 3.8) is 0 Å². The van der Waals surface area contributed by atoms with Crippen molar-refractivity contribution in [1.82, 2.24) is 0 Å². The van der Waals surface area contributed by atoms with Gasteiger partial charge in [-0.25, -0.2) is 4.39 Å². The Balaban J connectivity index is 2.92. The van der Waals surface area contributed by atoms with E-state index in [0.29, 0.717) is 23.6 Å². The van der Waals surface area contributed by atoms with Gasteiger partial charge in [0, 0.05) is 0 Å². The zero-order valence-electron chi connectivity index (χ0n) is 9.07. The van der Waals surface area contributed by atoms with E-state index in [-0.39, 0.29) is 0 Å². The number of hydrogen-bond donors (Lipinski definition) is 1. The second-order valence-corrected chi connectivity index (χ2v) is 3.98. The fourth-order valence-electron chi connectivity index (χ4n) is 1.44. The second-order valence-electron chi connectivity index (χ2n) is 3.98. The Labute approximate surface area is 89.4 Å². The van der Waals surface area contributed by atoms with E-state index in [4.69, 9.17) is 5.21 Å². The minimum atomic E-state index is -0.492. The third kappa shape index (κ3) is 3.35. The summed E-state index contributed by atoms with van der Waals surface area (Å²) >= 11 is 0. The highest BCUT2D eigenvalue weighted by Gasteiger charge is 2.07. The molecule has 0 spiro atoms. The highest BCUT2D eigenvalue weighted by atomic mass is 19.1. The predicted molar refractivity (Wildman–Crippen MR) is 59.0 cm³/mol. The van der Waals surface area contributed by atoms with Crippen LogP contribution in [0.3, 0.4) is 0 Å². The molecule has 82 valence electrons. The minimum Gasteiger partial charge on any atom is -0.411 e. The highest BCUT2D eigenvalue weighted by molar-refractivity contribution is 6.00. The van der Waals surface area contributed by atoms with Crippen LogP contribution in [0.1, 0.15) is 31.4 Å². The van der Waals surface area contributed by atoms with Crippen molar-refractivity contribution in [3.8, 4) is 0 Å². The van der Waals surface area contributed by atoms with Crippen molar-refractivity contribution in [3.05, 3.63) is 35.4 Å². The minimum absolute atomic E-state index is 0.407. The molecule has 0 heterocycles. The highest BCUT2D eigenvalue weighted by Crippen LogP contribution is 2.13. The lowest BCUT2D eigenvalue weighted by Gasteiger charge is -2.08. The summed E-state index contributed by atoms with van der Waals surface area (Å²) in [4.78, 5) is 0. The van der Waals surface area contributed by atoms with Crippen LogP contribution in [0.4, 0.5) is 4.39 Å². The molecule has 0 aromatic heterocycles. The Kier molecular flexibility index (Phi) is 4.28. The Bertz CT molecular complexity index is 347. The normalized spacial score (nSPS) is 12.1. The molecule has 0 bridgehead atoms. The van der Waals surface area contributed by atoms with Gasteiger partial charge in [-0.2, -0.15) is 0 Å². The van der Waals surface area contributed by atoms with Crippen LogP contribution in [0.5, 0.6) is 0 Å². The summed E-state index contributed by atoms with van der Waals surface area (Å²) < 4.78 is 12.4. The molecule has 2 nitrogen and oxygen atoms in total. The van der Waals surface area contributed by atoms with Gasteiger partial charge in [0.05, 0.1) is 5.71 Å². The van der Waals surface area contributed by atoms with Gasteiger partial charge in [0.2, 0.25) is 0 Å². The number of halogens is 1. The molecule has 1 N–H and O–H groups in total. The number of alkyl halides is 1. The van der Waals surface area contributed by atoms with Gasteiger partial charge in [0.25, 0.3) is 0 Å². The second kappa shape index (κ2) is 5.49. The molecule has 1 aromatic carbocycles. The zero-order chi connectivity index (χ0) is 11.3. The molecule has 0 saturated heterocycles. The Morgan fingerprint density at radius 3 is 2.73 bits per heavy atom. The summed E-state index contributed by atoms with van der Waals surface area (Å²) in [5.41, 5.74) is 2.01. The molecule has 0 radical (unpaired) electrons. The van der Waals surface area contributed by atoms with Gasteiger partial charge in [-0.05, 0) is 29.5 Å². The Morgan fingerprint density at radius 2 is 2.20 bits per heavy atom. The van der Waals surface area contributed by atoms with Crippen molar-refractivity contribution in [2.24, 2.45) is 11.1 Å². The SMILES string of the molecule is CC(C)CC(=NO)c1cccc(CF)c1. The summed E-state index contributed by atoms with van der Waals surface area (Å²) in [7, 11) is 0. The molecule has 0 aliphatic carbocycles. The Morgan fingerprint density at radius 1 is 1.47 bits per heavy atom. The first-order chi connectivity index (χ1) is 7.17. The third-order valence-electron chi connectivity index (χ3n) is 2.14. The lowest BCUT2D eigenvalue weighted by molar-refractivity contribution is 0.317. The number of rotatable bonds is 4. The van der Waals surface area contributed by atoms with Crippen LogP contribution in [-0.4, -0.2) is 10.9 Å². The van der Waals surface area contributed by atoms with Gasteiger partial charge in [-0.1, -0.05) is 37.2 Å². The van der Waals surface area contributed by atoms with E-state index >= 15 is 0 Å². The Hall–Kier alpha value is -1.38. The van der Waals surface area contributed by atoms with Crippen LogP contribution in [0.2, 0.25) is 0 Å². The van der Waals surface area contributed by atoms with E-state index < -0.39 is 6.67 Å². The van der Waals surface area contributed by atoms with Crippen LogP contribution in [0.25, 0.3) is 0 Å². The topological polar surface area (TPSA) is 32.6 Å². The predicted octanol–water partition coefficient (Wildman–Crippen LogP) is 3.38. The first kappa shape index (κ1) is 11.7. The van der Waals surface area contributed by atoms with Crippen LogP contribution in [0.15, 0.2) is 29.4 Å². The standard InChI is InChI=1S/C12H16FNO/c1-9(2)6-12(14-15)11-5-3-4-10(7-11)8-13/h3-5,7,9,15H,6,8H2,1-2H3. The lowest BCUT2D eigenvalue weighted by atomic mass is 9.99. The van der Waals surface area contributed by atoms with Crippen molar-refractivity contribution in [2.45, 2.75) is 26.9 Å². The molecule has 0 aliphatic heterocycles. The maximum atomic E-state index is 12.4. The molecule has 0 amide bonds. The van der Waals surface area contributed by atoms with Gasteiger partial charge < -0.3 is 5.21 Å². The molecule has 0 fully saturated rings. The van der Waals surface area contributed by atoms with E-state index in [1.54, 1.807) is 18.2 Å². The maximum absolute atomic E-state index is 12.4. The van der Waals surface area contributed by atoms with Crippen molar-refractivity contribution < 1.29 is 9.60 Å². The largest absolute Gasteiger partial charge is 0.411 e. The molecule has 0 atom stereocenters. The van der Waals surface area contributed by atoms with Crippen LogP contribution in [0, 0.1) is 5.92 Å². The number of hydrogen-bond acceptors (Lipinski definition) is 2. The summed E-state index contributed by atoms with van der Waals surface area (Å²) in [6.07, 6.45) is 0.687. The van der Waals surface area contributed by atoms with Crippen molar-refractivity contribution in [2.75, 3.05) is 0 Å². The van der Waals surface area contributed by atoms with Crippen LogP contribution < -0.4 is 0 Å². The van der Waals surface area contributed by atoms with Crippen LogP contribution >= 0.6 is 0 Å². The van der Waals surface area contributed by atoms with Gasteiger partial charge in [0.1, 0.15) is 6.67 Å². The molecule has 0 saturated carbocycles. The zero-order valence-corrected chi connectivity index (χ0v) is 9.07. The van der Waals surface area contributed by atoms with E-state index in [1.807, 2.05) is 19.9 Å². The number of oxime groups is 1. The smallest absolute Gasteiger partial charge is 0.115 e. The van der Waals surface area contributed by atoms with E-state index in [9.17, 15) is 4.39 Å². The fourth-order valence-corrected chi connectivity index (χ4v) is 1.44. The van der Waals surface area contributed by atoms with Gasteiger partial charge in [0.15, 0.2) is 0 Å². The number of benzene rings is 1. The van der Waals surface area contributed by atoms with Crippen LogP contribution in [-0.2, 0) is 6.67 Å². The molecule has 0 aliphatic rings. The summed E-state index contributed by atoms with van der Waals surface area (Å²) in [6.45, 7) is 3.60. The number of nitrogens with zero attached hydrogens (tertiary/aromatic N) is 1. The van der Waals surface area contributed by atoms with Gasteiger partial charge in [-0.3, -0.25) is 0 Å². The van der Waals surface area contributed by atoms with E-state index in [2.05, 4.69) is 5.16 Å². The monoisotopic (exact) mass is 209 g/mol. The van der Waals surface area contributed by atoms with Crippen molar-refractivity contribution in [1.29, 1.82) is 0 Å². The molecule has 3 heteroatoms. The molecular formula is C12H16FNO. The molecule has 15 heavy (non-hydrogen) atoms. The van der Waals surface area contributed by atoms with Gasteiger partial charge >= 0.3 is 0 Å². The lowest BCUT2D eigenvalue weighted by Crippen LogP contribution is -2.05. The first-order valence-corrected chi connectivity index (χ1v) is 5.03.